The molecular formula is C21H19ClN6O. The van der Waals surface area contributed by atoms with Crippen LogP contribution in [0.4, 0.5) is 23.1 Å². The van der Waals surface area contributed by atoms with Gasteiger partial charge in [-0.25, -0.2) is 4.98 Å². The molecule has 0 bridgehead atoms. The van der Waals surface area contributed by atoms with Gasteiger partial charge < -0.3 is 15.5 Å². The molecule has 0 amide bonds. The van der Waals surface area contributed by atoms with E-state index in [2.05, 4.69) is 25.7 Å². The molecule has 0 saturated heterocycles. The van der Waals surface area contributed by atoms with Crippen molar-refractivity contribution >= 4 is 34.7 Å². The maximum absolute atomic E-state index is 6.10. The maximum atomic E-state index is 6.10. The second-order valence-corrected chi connectivity index (χ2v) is 6.87. The number of hydrogen-bond donors (Lipinski definition) is 2. The van der Waals surface area contributed by atoms with Crippen LogP contribution in [0.2, 0.25) is 5.02 Å². The van der Waals surface area contributed by atoms with Gasteiger partial charge in [-0.3, -0.25) is 0 Å². The van der Waals surface area contributed by atoms with E-state index in [4.69, 9.17) is 16.4 Å². The highest BCUT2D eigenvalue weighted by molar-refractivity contribution is 6.31. The summed E-state index contributed by atoms with van der Waals surface area (Å²) in [6.45, 7) is 3.92. The van der Waals surface area contributed by atoms with Crippen molar-refractivity contribution in [3.05, 3.63) is 83.3 Å². The lowest BCUT2D eigenvalue weighted by Crippen LogP contribution is -2.05. The van der Waals surface area contributed by atoms with E-state index in [1.54, 1.807) is 24.7 Å². The minimum Gasteiger partial charge on any atom is -0.358 e. The Morgan fingerprint density at radius 1 is 0.966 bits per heavy atom. The summed E-state index contributed by atoms with van der Waals surface area (Å²) < 4.78 is 0. The first kappa shape index (κ1) is 18.8. The highest BCUT2D eigenvalue weighted by Crippen LogP contribution is 2.25. The molecule has 0 aliphatic rings. The van der Waals surface area contributed by atoms with E-state index >= 15 is 0 Å². The topological polar surface area (TPSA) is 76.9 Å². The van der Waals surface area contributed by atoms with Gasteiger partial charge in [0.05, 0.1) is 12.4 Å². The Morgan fingerprint density at radius 2 is 1.76 bits per heavy atom. The van der Waals surface area contributed by atoms with E-state index in [0.29, 0.717) is 11.7 Å². The smallest absolute Gasteiger partial charge is 0.229 e. The van der Waals surface area contributed by atoms with Gasteiger partial charge in [0, 0.05) is 28.2 Å². The predicted molar refractivity (Wildman–Crippen MR) is 114 cm³/mol. The van der Waals surface area contributed by atoms with Crippen LogP contribution in [-0.4, -0.2) is 19.9 Å². The third-order valence-electron chi connectivity index (χ3n) is 4.18. The van der Waals surface area contributed by atoms with Gasteiger partial charge in [0.15, 0.2) is 5.75 Å². The molecule has 0 aliphatic heterocycles. The van der Waals surface area contributed by atoms with E-state index in [1.807, 2.05) is 56.3 Å². The molecule has 0 spiro atoms. The molecule has 7 nitrogen and oxygen atoms in total. The Morgan fingerprint density at radius 3 is 2.48 bits per heavy atom. The van der Waals surface area contributed by atoms with E-state index in [9.17, 15) is 0 Å². The van der Waals surface area contributed by atoms with Crippen molar-refractivity contribution in [1.29, 1.82) is 0 Å². The fourth-order valence-electron chi connectivity index (χ4n) is 2.63. The second kappa shape index (κ2) is 8.20. The second-order valence-electron chi connectivity index (χ2n) is 6.46. The SMILES string of the molecule is Cc1cc(Nc2nc(Nc3ccc(On4cccn4)cc3)ncc2C)ccc1Cl. The van der Waals surface area contributed by atoms with Crippen molar-refractivity contribution in [3.63, 3.8) is 0 Å². The van der Waals surface area contributed by atoms with Crippen LogP contribution in [0.25, 0.3) is 0 Å². The highest BCUT2D eigenvalue weighted by Gasteiger charge is 2.07. The lowest BCUT2D eigenvalue weighted by molar-refractivity contribution is 0.179. The quantitative estimate of drug-likeness (QED) is 0.454. The molecule has 0 fully saturated rings. The molecule has 0 aliphatic carbocycles. The van der Waals surface area contributed by atoms with Crippen LogP contribution < -0.4 is 15.5 Å². The third-order valence-corrected chi connectivity index (χ3v) is 4.61. The van der Waals surface area contributed by atoms with Crippen LogP contribution in [0.3, 0.4) is 0 Å². The Balaban J connectivity index is 1.47. The summed E-state index contributed by atoms with van der Waals surface area (Å²) in [5, 5.41) is 11.3. The number of aryl methyl sites for hydroxylation is 2. The van der Waals surface area contributed by atoms with Crippen LogP contribution >= 0.6 is 11.6 Å². The normalized spacial score (nSPS) is 10.6. The van der Waals surface area contributed by atoms with E-state index in [0.717, 1.165) is 33.3 Å². The monoisotopic (exact) mass is 406 g/mol. The first-order valence-corrected chi connectivity index (χ1v) is 9.36. The Hall–Kier alpha value is -3.58. The molecule has 0 atom stereocenters. The molecule has 29 heavy (non-hydrogen) atoms. The van der Waals surface area contributed by atoms with E-state index < -0.39 is 0 Å². The molecule has 2 aromatic carbocycles. The lowest BCUT2D eigenvalue weighted by Gasteiger charge is -2.12. The first-order chi connectivity index (χ1) is 14.1. The number of hydrogen-bond acceptors (Lipinski definition) is 6. The van der Waals surface area contributed by atoms with Crippen molar-refractivity contribution in [2.45, 2.75) is 13.8 Å². The molecular weight excluding hydrogens is 388 g/mol. The molecule has 0 radical (unpaired) electrons. The summed E-state index contributed by atoms with van der Waals surface area (Å²) in [6.07, 6.45) is 5.15. The van der Waals surface area contributed by atoms with Crippen molar-refractivity contribution in [3.8, 4) is 5.75 Å². The molecule has 4 aromatic rings. The van der Waals surface area contributed by atoms with Gasteiger partial charge in [0.1, 0.15) is 5.82 Å². The van der Waals surface area contributed by atoms with Crippen molar-refractivity contribution in [2.24, 2.45) is 0 Å². The highest BCUT2D eigenvalue weighted by atomic mass is 35.5. The number of anilines is 4. The van der Waals surface area contributed by atoms with Gasteiger partial charge in [-0.2, -0.15) is 4.98 Å². The molecule has 2 N–H and O–H groups in total. The van der Waals surface area contributed by atoms with Gasteiger partial charge >= 0.3 is 0 Å². The summed E-state index contributed by atoms with van der Waals surface area (Å²) in [6, 6.07) is 15.0. The van der Waals surface area contributed by atoms with Gasteiger partial charge in [-0.05, 0) is 67.9 Å². The van der Waals surface area contributed by atoms with Crippen LogP contribution in [-0.2, 0) is 0 Å². The number of rotatable bonds is 6. The lowest BCUT2D eigenvalue weighted by atomic mass is 10.2. The third kappa shape index (κ3) is 4.64. The minimum absolute atomic E-state index is 0.490. The first-order valence-electron chi connectivity index (χ1n) is 8.99. The van der Waals surface area contributed by atoms with Crippen LogP contribution in [0, 0.1) is 13.8 Å². The van der Waals surface area contributed by atoms with Gasteiger partial charge in [-0.15, -0.1) is 9.94 Å². The molecule has 0 unspecified atom stereocenters. The fraction of sp³-hybridized carbons (Fsp3) is 0.0952. The zero-order valence-corrected chi connectivity index (χ0v) is 16.7. The van der Waals surface area contributed by atoms with Gasteiger partial charge in [0.25, 0.3) is 0 Å². The minimum atomic E-state index is 0.490. The molecule has 0 saturated carbocycles. The number of benzene rings is 2. The molecule has 4 rings (SSSR count). The Kier molecular flexibility index (Phi) is 5.31. The van der Waals surface area contributed by atoms with E-state index in [1.165, 1.54) is 4.85 Å². The van der Waals surface area contributed by atoms with Crippen LogP contribution in [0.1, 0.15) is 11.1 Å². The summed E-state index contributed by atoms with van der Waals surface area (Å²) in [4.78, 5) is 15.9. The molecule has 2 aromatic heterocycles. The number of nitrogens with one attached hydrogen (secondary N) is 2. The average Bonchev–Trinajstić information content (AvgIpc) is 3.22. The number of nitrogens with zero attached hydrogens (tertiary/aromatic N) is 4. The summed E-state index contributed by atoms with van der Waals surface area (Å²) >= 11 is 6.10. The van der Waals surface area contributed by atoms with Crippen molar-refractivity contribution in [1.82, 2.24) is 19.9 Å². The van der Waals surface area contributed by atoms with Gasteiger partial charge in [-0.1, -0.05) is 11.6 Å². The largest absolute Gasteiger partial charge is 0.358 e. The number of halogens is 1. The Bertz CT molecular complexity index is 1110. The molecule has 8 heteroatoms. The van der Waals surface area contributed by atoms with E-state index in [-0.39, 0.29) is 0 Å². The summed E-state index contributed by atoms with van der Waals surface area (Å²) in [7, 11) is 0. The summed E-state index contributed by atoms with van der Waals surface area (Å²) in [5.74, 6) is 1.89. The fourth-order valence-corrected chi connectivity index (χ4v) is 2.75. The standard InChI is InChI=1S/C21H19ClN6O/c1-14-12-17(6-9-19(14)22)25-20-15(2)13-23-21(27-20)26-16-4-7-18(8-5-16)29-28-11-3-10-24-28/h3-13H,1-2H3,(H2,23,25,26,27). The molecule has 146 valence electrons. The number of aromatic nitrogens is 4. The average molecular weight is 407 g/mol. The predicted octanol–water partition coefficient (Wildman–Crippen LogP) is 5.27. The Labute approximate surface area is 173 Å². The van der Waals surface area contributed by atoms with Crippen molar-refractivity contribution < 1.29 is 4.84 Å². The van der Waals surface area contributed by atoms with Gasteiger partial charge in [0.2, 0.25) is 5.95 Å². The molecule has 2 heterocycles. The van der Waals surface area contributed by atoms with Crippen molar-refractivity contribution in [2.75, 3.05) is 10.6 Å². The summed E-state index contributed by atoms with van der Waals surface area (Å²) in [5.41, 5.74) is 3.69. The van der Waals surface area contributed by atoms with Crippen LogP contribution in [0.15, 0.2) is 67.1 Å². The zero-order chi connectivity index (χ0) is 20.2. The zero-order valence-electron chi connectivity index (χ0n) is 15.9. The maximum Gasteiger partial charge on any atom is 0.229 e. The van der Waals surface area contributed by atoms with Crippen LogP contribution in [0.5, 0.6) is 5.75 Å².